The number of anilines is 2. The number of benzene rings is 2. The molecular formula is C20H18N4O2. The van der Waals surface area contributed by atoms with Gasteiger partial charge in [0, 0.05) is 23.5 Å². The van der Waals surface area contributed by atoms with Gasteiger partial charge in [0.25, 0.3) is 5.91 Å². The van der Waals surface area contributed by atoms with E-state index in [4.69, 9.17) is 0 Å². The molecule has 3 aromatic rings. The summed E-state index contributed by atoms with van der Waals surface area (Å²) in [6, 6.07) is 17.1. The van der Waals surface area contributed by atoms with Gasteiger partial charge in [-0.2, -0.15) is 0 Å². The second kappa shape index (κ2) is 5.62. The number of hydrogen-bond acceptors (Lipinski definition) is 3. The summed E-state index contributed by atoms with van der Waals surface area (Å²) in [5.41, 5.74) is 3.33. The summed E-state index contributed by atoms with van der Waals surface area (Å²) in [5.74, 6) is -0.147. The molecule has 0 spiro atoms. The van der Waals surface area contributed by atoms with Gasteiger partial charge in [-0.05, 0) is 30.7 Å². The topological polar surface area (TPSA) is 77.2 Å². The number of nitrogens with one attached hydrogen (secondary N) is 3. The molecule has 2 aliphatic heterocycles. The molecule has 2 aliphatic rings. The number of para-hydroxylation sites is 3. The Labute approximate surface area is 150 Å². The summed E-state index contributed by atoms with van der Waals surface area (Å²) in [5, 5.41) is 7.04. The van der Waals surface area contributed by atoms with E-state index in [0.29, 0.717) is 18.7 Å². The molecule has 3 N–H and O–H groups in total. The first-order valence-electron chi connectivity index (χ1n) is 8.74. The molecule has 0 aliphatic carbocycles. The number of aromatic nitrogens is 1. The second-order valence-corrected chi connectivity index (χ2v) is 6.85. The zero-order chi connectivity index (χ0) is 17.7. The molecular weight excluding hydrogens is 328 g/mol. The van der Waals surface area contributed by atoms with E-state index in [9.17, 15) is 9.59 Å². The minimum Gasteiger partial charge on any atom is -0.356 e. The van der Waals surface area contributed by atoms with Gasteiger partial charge in [-0.3, -0.25) is 9.59 Å². The van der Waals surface area contributed by atoms with Crippen LogP contribution in [0.25, 0.3) is 10.9 Å². The third-order valence-electron chi connectivity index (χ3n) is 5.18. The predicted molar refractivity (Wildman–Crippen MR) is 100 cm³/mol. The number of aromatic amines is 1. The number of fused-ring (bicyclic) bond motifs is 4. The van der Waals surface area contributed by atoms with Crippen LogP contribution in [0.4, 0.5) is 11.4 Å². The monoisotopic (exact) mass is 346 g/mol. The van der Waals surface area contributed by atoms with Gasteiger partial charge in [0.1, 0.15) is 11.7 Å². The van der Waals surface area contributed by atoms with Gasteiger partial charge in [-0.1, -0.05) is 30.3 Å². The van der Waals surface area contributed by atoms with E-state index in [1.807, 2.05) is 54.6 Å². The minimum atomic E-state index is -0.238. The van der Waals surface area contributed by atoms with Crippen molar-refractivity contribution in [2.24, 2.45) is 0 Å². The highest BCUT2D eigenvalue weighted by atomic mass is 16.2. The van der Waals surface area contributed by atoms with Gasteiger partial charge in [-0.25, -0.2) is 0 Å². The molecule has 2 atom stereocenters. The number of H-pyrrole nitrogens is 1. The van der Waals surface area contributed by atoms with Crippen molar-refractivity contribution in [2.45, 2.75) is 18.5 Å². The van der Waals surface area contributed by atoms with Crippen LogP contribution in [0.5, 0.6) is 0 Å². The Morgan fingerprint density at radius 2 is 1.92 bits per heavy atom. The van der Waals surface area contributed by atoms with E-state index < -0.39 is 0 Å². The zero-order valence-electron chi connectivity index (χ0n) is 14.0. The summed E-state index contributed by atoms with van der Waals surface area (Å²) in [4.78, 5) is 30.3. The smallest absolute Gasteiger partial charge is 0.268 e. The molecule has 5 rings (SSSR count). The van der Waals surface area contributed by atoms with Crippen molar-refractivity contribution in [3.63, 3.8) is 0 Å². The van der Waals surface area contributed by atoms with Gasteiger partial charge in [0.15, 0.2) is 0 Å². The van der Waals surface area contributed by atoms with Crippen molar-refractivity contribution in [1.82, 2.24) is 10.3 Å². The molecule has 26 heavy (non-hydrogen) atoms. The van der Waals surface area contributed by atoms with Gasteiger partial charge in [0.05, 0.1) is 11.4 Å². The standard InChI is InChI=1S/C20H18N4O2/c25-19(16-9-12-5-1-2-6-14(12)22-16)21-13-10-18-20(26)23-15-7-3-4-8-17(15)24(18)11-13/h1-9,13,18,22H,10-11H2,(H,21,25)(H,23,26). The SMILES string of the molecule is O=C(NC1CC2C(=O)Nc3ccccc3N2C1)c1cc2ccccc2[nH]1. The van der Waals surface area contributed by atoms with Gasteiger partial charge in [-0.15, -0.1) is 0 Å². The maximum Gasteiger partial charge on any atom is 0.268 e. The van der Waals surface area contributed by atoms with E-state index in [-0.39, 0.29) is 23.9 Å². The van der Waals surface area contributed by atoms with E-state index >= 15 is 0 Å². The molecule has 0 saturated carbocycles. The van der Waals surface area contributed by atoms with Crippen LogP contribution in [-0.4, -0.2) is 35.4 Å². The predicted octanol–water partition coefficient (Wildman–Crippen LogP) is 2.50. The number of nitrogens with zero attached hydrogens (tertiary/aromatic N) is 1. The van der Waals surface area contributed by atoms with Gasteiger partial charge >= 0.3 is 0 Å². The number of rotatable bonds is 2. The van der Waals surface area contributed by atoms with Crippen LogP contribution in [0.1, 0.15) is 16.9 Å². The quantitative estimate of drug-likeness (QED) is 0.667. The Morgan fingerprint density at radius 1 is 1.12 bits per heavy atom. The van der Waals surface area contributed by atoms with E-state index in [0.717, 1.165) is 22.3 Å². The van der Waals surface area contributed by atoms with Crippen molar-refractivity contribution in [2.75, 3.05) is 16.8 Å². The van der Waals surface area contributed by atoms with Crippen molar-refractivity contribution >= 4 is 34.1 Å². The highest BCUT2D eigenvalue weighted by Crippen LogP contribution is 2.36. The maximum atomic E-state index is 12.6. The molecule has 2 unspecified atom stereocenters. The number of carbonyl (C=O) groups excluding carboxylic acids is 2. The lowest BCUT2D eigenvalue weighted by molar-refractivity contribution is -0.117. The molecule has 6 nitrogen and oxygen atoms in total. The van der Waals surface area contributed by atoms with Crippen LogP contribution < -0.4 is 15.5 Å². The van der Waals surface area contributed by atoms with Gasteiger partial charge in [0.2, 0.25) is 5.91 Å². The van der Waals surface area contributed by atoms with Crippen molar-refractivity contribution in [3.05, 3.63) is 60.3 Å². The molecule has 0 radical (unpaired) electrons. The number of amides is 2. The van der Waals surface area contributed by atoms with Crippen molar-refractivity contribution in [3.8, 4) is 0 Å². The van der Waals surface area contributed by atoms with Crippen LogP contribution in [-0.2, 0) is 4.79 Å². The molecule has 1 aromatic heterocycles. The lowest BCUT2D eigenvalue weighted by Gasteiger charge is -2.32. The first-order chi connectivity index (χ1) is 12.7. The third-order valence-corrected chi connectivity index (χ3v) is 5.18. The Bertz CT molecular complexity index is 992. The number of hydrogen-bond donors (Lipinski definition) is 3. The van der Waals surface area contributed by atoms with E-state index in [1.165, 1.54) is 0 Å². The van der Waals surface area contributed by atoms with Crippen LogP contribution >= 0.6 is 0 Å². The summed E-state index contributed by atoms with van der Waals surface area (Å²) < 4.78 is 0. The normalized spacial score (nSPS) is 21.2. The fourth-order valence-corrected chi connectivity index (χ4v) is 3.96. The fraction of sp³-hybridized carbons (Fsp3) is 0.200. The number of carbonyl (C=O) groups is 2. The molecule has 1 saturated heterocycles. The fourth-order valence-electron chi connectivity index (χ4n) is 3.96. The molecule has 2 amide bonds. The average molecular weight is 346 g/mol. The summed E-state index contributed by atoms with van der Waals surface area (Å²) in [6.07, 6.45) is 0.603. The summed E-state index contributed by atoms with van der Waals surface area (Å²) in [6.45, 7) is 0.626. The lowest BCUT2D eigenvalue weighted by atomic mass is 10.1. The van der Waals surface area contributed by atoms with Crippen LogP contribution in [0.15, 0.2) is 54.6 Å². The molecule has 3 heterocycles. The van der Waals surface area contributed by atoms with Crippen molar-refractivity contribution in [1.29, 1.82) is 0 Å². The Kier molecular flexibility index (Phi) is 3.25. The molecule has 0 bridgehead atoms. The van der Waals surface area contributed by atoms with Gasteiger partial charge < -0.3 is 20.5 Å². The Morgan fingerprint density at radius 3 is 2.81 bits per heavy atom. The Hall–Kier alpha value is -3.28. The Balaban J connectivity index is 1.36. The lowest BCUT2D eigenvalue weighted by Crippen LogP contribution is -2.44. The molecule has 6 heteroatoms. The largest absolute Gasteiger partial charge is 0.356 e. The highest BCUT2D eigenvalue weighted by Gasteiger charge is 2.41. The van der Waals surface area contributed by atoms with Crippen LogP contribution in [0.3, 0.4) is 0 Å². The van der Waals surface area contributed by atoms with Crippen LogP contribution in [0.2, 0.25) is 0 Å². The first kappa shape index (κ1) is 15.0. The molecule has 2 aromatic carbocycles. The van der Waals surface area contributed by atoms with Crippen LogP contribution in [0, 0.1) is 0 Å². The maximum absolute atomic E-state index is 12.6. The first-order valence-corrected chi connectivity index (χ1v) is 8.74. The van der Waals surface area contributed by atoms with E-state index in [1.54, 1.807) is 0 Å². The highest BCUT2D eigenvalue weighted by molar-refractivity contribution is 6.04. The van der Waals surface area contributed by atoms with E-state index in [2.05, 4.69) is 20.5 Å². The van der Waals surface area contributed by atoms with Crippen molar-refractivity contribution < 1.29 is 9.59 Å². The minimum absolute atomic E-state index is 0.00828. The third kappa shape index (κ3) is 2.34. The average Bonchev–Trinajstić information content (AvgIpc) is 3.26. The summed E-state index contributed by atoms with van der Waals surface area (Å²) >= 11 is 0. The molecule has 1 fully saturated rings. The summed E-state index contributed by atoms with van der Waals surface area (Å²) in [7, 11) is 0. The zero-order valence-corrected chi connectivity index (χ0v) is 14.0. The molecule has 130 valence electrons. The second-order valence-electron chi connectivity index (χ2n) is 6.85.